The lowest BCUT2D eigenvalue weighted by Crippen LogP contribution is -2.18. The molecule has 0 aliphatic heterocycles. The Morgan fingerprint density at radius 3 is 2.85 bits per heavy atom. The Hall–Kier alpha value is -2.50. The standard InChI is InChI=1S/C14H14N4O2/c1-2-3-8-20-14-11-7-5-4-6-10(11)13-16-15-9-12(19)18(13)17-14/h4-7,9H,2-3,8H2,1H3. The Balaban J connectivity index is 2.26. The lowest BCUT2D eigenvalue weighted by Gasteiger charge is -2.09. The summed E-state index contributed by atoms with van der Waals surface area (Å²) in [6, 6.07) is 7.58. The summed E-state index contributed by atoms with van der Waals surface area (Å²) in [6.45, 7) is 2.67. The normalized spacial score (nSPS) is 11.1. The van der Waals surface area contributed by atoms with E-state index in [1.54, 1.807) is 0 Å². The van der Waals surface area contributed by atoms with Gasteiger partial charge >= 0.3 is 0 Å². The van der Waals surface area contributed by atoms with Crippen LogP contribution in [0, 0.1) is 0 Å². The van der Waals surface area contributed by atoms with Crippen molar-refractivity contribution in [1.29, 1.82) is 0 Å². The predicted molar refractivity (Wildman–Crippen MR) is 75.0 cm³/mol. The number of aromatic nitrogens is 4. The van der Waals surface area contributed by atoms with E-state index in [4.69, 9.17) is 4.74 Å². The maximum atomic E-state index is 11.8. The molecule has 102 valence electrons. The van der Waals surface area contributed by atoms with Gasteiger partial charge in [-0.3, -0.25) is 4.79 Å². The molecule has 0 amide bonds. The van der Waals surface area contributed by atoms with Crippen LogP contribution in [-0.4, -0.2) is 26.4 Å². The van der Waals surface area contributed by atoms with Crippen LogP contribution in [0.25, 0.3) is 16.4 Å². The Bertz CT molecular complexity index is 813. The van der Waals surface area contributed by atoms with Crippen LogP contribution in [0.4, 0.5) is 0 Å². The first-order valence-electron chi connectivity index (χ1n) is 6.57. The number of unbranched alkanes of at least 4 members (excludes halogenated alkanes) is 1. The van der Waals surface area contributed by atoms with E-state index in [2.05, 4.69) is 22.2 Å². The molecule has 0 aliphatic carbocycles. The minimum Gasteiger partial charge on any atom is -0.476 e. The quantitative estimate of drug-likeness (QED) is 0.534. The molecule has 0 atom stereocenters. The molecule has 0 spiro atoms. The maximum Gasteiger partial charge on any atom is 0.293 e. The van der Waals surface area contributed by atoms with Gasteiger partial charge in [0.2, 0.25) is 5.88 Å². The molecular formula is C14H14N4O2. The van der Waals surface area contributed by atoms with Crippen molar-refractivity contribution in [2.75, 3.05) is 6.61 Å². The van der Waals surface area contributed by atoms with Crippen molar-refractivity contribution in [3.05, 3.63) is 40.8 Å². The molecule has 6 nitrogen and oxygen atoms in total. The summed E-state index contributed by atoms with van der Waals surface area (Å²) in [5, 5.41) is 13.6. The van der Waals surface area contributed by atoms with Crippen LogP contribution in [0.3, 0.4) is 0 Å². The fraction of sp³-hybridized carbons (Fsp3) is 0.286. The summed E-state index contributed by atoms with van der Waals surface area (Å²) in [4.78, 5) is 11.8. The first kappa shape index (κ1) is 12.5. The van der Waals surface area contributed by atoms with E-state index in [-0.39, 0.29) is 5.56 Å². The Morgan fingerprint density at radius 1 is 1.25 bits per heavy atom. The minimum absolute atomic E-state index is 0.318. The Morgan fingerprint density at radius 2 is 2.05 bits per heavy atom. The number of benzene rings is 1. The summed E-state index contributed by atoms with van der Waals surface area (Å²) < 4.78 is 6.94. The third-order valence-electron chi connectivity index (χ3n) is 3.06. The molecule has 3 aromatic rings. The van der Waals surface area contributed by atoms with Crippen LogP contribution in [0.1, 0.15) is 19.8 Å². The first-order chi connectivity index (χ1) is 9.81. The van der Waals surface area contributed by atoms with Gasteiger partial charge < -0.3 is 4.74 Å². The van der Waals surface area contributed by atoms with E-state index in [1.807, 2.05) is 24.3 Å². The van der Waals surface area contributed by atoms with Gasteiger partial charge in [-0.05, 0) is 12.5 Å². The average molecular weight is 270 g/mol. The van der Waals surface area contributed by atoms with E-state index in [9.17, 15) is 4.79 Å². The zero-order chi connectivity index (χ0) is 13.9. The van der Waals surface area contributed by atoms with Crippen molar-refractivity contribution >= 4 is 16.4 Å². The third-order valence-corrected chi connectivity index (χ3v) is 3.06. The van der Waals surface area contributed by atoms with Gasteiger partial charge in [0.1, 0.15) is 6.20 Å². The summed E-state index contributed by atoms with van der Waals surface area (Å²) in [5.41, 5.74) is 0.122. The molecule has 2 heterocycles. The zero-order valence-electron chi connectivity index (χ0n) is 11.1. The second kappa shape index (κ2) is 5.24. The lowest BCUT2D eigenvalue weighted by molar-refractivity contribution is 0.297. The topological polar surface area (TPSA) is 69.4 Å². The number of fused-ring (bicyclic) bond motifs is 3. The minimum atomic E-state index is -0.318. The highest BCUT2D eigenvalue weighted by molar-refractivity contribution is 5.96. The van der Waals surface area contributed by atoms with Gasteiger partial charge in [0.15, 0.2) is 5.65 Å². The third kappa shape index (κ3) is 2.09. The van der Waals surface area contributed by atoms with Gasteiger partial charge in [-0.15, -0.1) is 10.2 Å². The highest BCUT2D eigenvalue weighted by Crippen LogP contribution is 2.24. The second-order valence-corrected chi connectivity index (χ2v) is 4.47. The molecule has 6 heteroatoms. The predicted octanol–water partition coefficient (Wildman–Crippen LogP) is 1.82. The molecule has 2 aromatic heterocycles. The van der Waals surface area contributed by atoms with Crippen molar-refractivity contribution < 1.29 is 4.74 Å². The van der Waals surface area contributed by atoms with Crippen molar-refractivity contribution in [3.63, 3.8) is 0 Å². The molecule has 1 aromatic carbocycles. The molecule has 0 aliphatic rings. The highest BCUT2D eigenvalue weighted by Gasteiger charge is 2.11. The first-order valence-corrected chi connectivity index (χ1v) is 6.57. The molecule has 3 rings (SSSR count). The van der Waals surface area contributed by atoms with E-state index in [0.717, 1.165) is 29.8 Å². The summed E-state index contributed by atoms with van der Waals surface area (Å²) in [5.74, 6) is 0.455. The van der Waals surface area contributed by atoms with Gasteiger partial charge in [0, 0.05) is 10.8 Å². The number of hydrogen-bond acceptors (Lipinski definition) is 5. The number of hydrogen-bond donors (Lipinski definition) is 0. The van der Waals surface area contributed by atoms with Crippen LogP contribution in [-0.2, 0) is 0 Å². The lowest BCUT2D eigenvalue weighted by atomic mass is 10.2. The van der Waals surface area contributed by atoms with Crippen LogP contribution in [0.2, 0.25) is 0 Å². The molecule has 20 heavy (non-hydrogen) atoms. The van der Waals surface area contributed by atoms with Gasteiger partial charge in [-0.2, -0.15) is 9.61 Å². The molecule has 0 saturated carbocycles. The summed E-state index contributed by atoms with van der Waals surface area (Å²) >= 11 is 0. The molecule has 0 saturated heterocycles. The van der Waals surface area contributed by atoms with Crippen LogP contribution in [0.15, 0.2) is 35.3 Å². The molecular weight excluding hydrogens is 256 g/mol. The van der Waals surface area contributed by atoms with E-state index in [1.165, 1.54) is 4.52 Å². The second-order valence-electron chi connectivity index (χ2n) is 4.47. The van der Waals surface area contributed by atoms with Crippen LogP contribution >= 0.6 is 0 Å². The molecule has 0 unspecified atom stereocenters. The van der Waals surface area contributed by atoms with Gasteiger partial charge in [-0.1, -0.05) is 31.5 Å². The molecule has 0 radical (unpaired) electrons. The SMILES string of the molecule is CCCCOc1nn2c(=O)cnnc2c2ccccc12. The van der Waals surface area contributed by atoms with Crippen molar-refractivity contribution in [2.24, 2.45) is 0 Å². The van der Waals surface area contributed by atoms with E-state index < -0.39 is 0 Å². The number of nitrogens with zero attached hydrogens (tertiary/aromatic N) is 4. The Labute approximate surface area is 115 Å². The maximum absolute atomic E-state index is 11.8. The largest absolute Gasteiger partial charge is 0.476 e. The average Bonchev–Trinajstić information content (AvgIpc) is 2.48. The fourth-order valence-electron chi connectivity index (χ4n) is 2.03. The van der Waals surface area contributed by atoms with Crippen molar-refractivity contribution in [3.8, 4) is 5.88 Å². The monoisotopic (exact) mass is 270 g/mol. The molecule has 0 fully saturated rings. The number of ether oxygens (including phenoxy) is 1. The van der Waals surface area contributed by atoms with E-state index in [0.29, 0.717) is 18.1 Å². The van der Waals surface area contributed by atoms with Crippen molar-refractivity contribution in [2.45, 2.75) is 19.8 Å². The van der Waals surface area contributed by atoms with Gasteiger partial charge in [-0.25, -0.2) is 0 Å². The van der Waals surface area contributed by atoms with Crippen molar-refractivity contribution in [1.82, 2.24) is 19.8 Å². The molecule has 0 N–H and O–H groups in total. The smallest absolute Gasteiger partial charge is 0.293 e. The number of rotatable bonds is 4. The van der Waals surface area contributed by atoms with Crippen LogP contribution in [0.5, 0.6) is 5.88 Å². The molecule has 0 bridgehead atoms. The summed E-state index contributed by atoms with van der Waals surface area (Å²) in [7, 11) is 0. The fourth-order valence-corrected chi connectivity index (χ4v) is 2.03. The van der Waals surface area contributed by atoms with Gasteiger partial charge in [0.05, 0.1) is 6.61 Å². The van der Waals surface area contributed by atoms with E-state index >= 15 is 0 Å². The highest BCUT2D eigenvalue weighted by atomic mass is 16.5. The van der Waals surface area contributed by atoms with Crippen LogP contribution < -0.4 is 10.3 Å². The zero-order valence-corrected chi connectivity index (χ0v) is 11.1. The Kier molecular flexibility index (Phi) is 3.28. The summed E-state index contributed by atoms with van der Waals surface area (Å²) in [6.07, 6.45) is 3.12. The van der Waals surface area contributed by atoms with Gasteiger partial charge in [0.25, 0.3) is 5.56 Å².